The summed E-state index contributed by atoms with van der Waals surface area (Å²) in [4.78, 5) is 17.1. The van der Waals surface area contributed by atoms with Crippen LogP contribution >= 0.6 is 0 Å². The second kappa shape index (κ2) is 9.01. The Morgan fingerprint density at radius 2 is 2.08 bits per heavy atom. The summed E-state index contributed by atoms with van der Waals surface area (Å²) in [6.07, 6.45) is 1.57. The van der Waals surface area contributed by atoms with Gasteiger partial charge in [-0.15, -0.1) is 0 Å². The van der Waals surface area contributed by atoms with E-state index in [1.807, 2.05) is 6.07 Å². The van der Waals surface area contributed by atoms with Gasteiger partial charge in [-0.3, -0.25) is 4.68 Å². The molecule has 11 heteroatoms. The number of rotatable bonds is 9. The zero-order valence-corrected chi connectivity index (χ0v) is 12.6. The number of carbonyl (C=O) groups is 1. The molecule has 0 bridgehead atoms. The van der Waals surface area contributed by atoms with Crippen molar-refractivity contribution in [3.05, 3.63) is 50.8 Å². The molecular formula is C13H14N8O3. The van der Waals surface area contributed by atoms with Gasteiger partial charge in [0.05, 0.1) is 37.0 Å². The number of benzene rings is 1. The second-order valence-corrected chi connectivity index (χ2v) is 4.46. The van der Waals surface area contributed by atoms with E-state index in [9.17, 15) is 4.79 Å². The Hall–Kier alpha value is -3.26. The molecule has 11 nitrogen and oxygen atoms in total. The van der Waals surface area contributed by atoms with Gasteiger partial charge in [0.1, 0.15) is 0 Å². The van der Waals surface area contributed by atoms with E-state index >= 15 is 0 Å². The summed E-state index contributed by atoms with van der Waals surface area (Å²) in [6, 6.07) is 5.16. The largest absolute Gasteiger partial charge is 0.456 e. The number of nitrogens with zero attached hydrogens (tertiary/aromatic N) is 8. The number of fused-ring (bicyclic) bond motifs is 1. The average Bonchev–Trinajstić information content (AvgIpc) is 3.01. The molecule has 0 saturated heterocycles. The summed E-state index contributed by atoms with van der Waals surface area (Å²) in [5.74, 6) is -0.585. The summed E-state index contributed by atoms with van der Waals surface area (Å²) >= 11 is 0. The maximum atomic E-state index is 12.0. The molecule has 0 atom stereocenters. The number of carbonyl (C=O) groups excluding carboxylic acids is 1. The van der Waals surface area contributed by atoms with E-state index in [1.54, 1.807) is 23.0 Å². The van der Waals surface area contributed by atoms with Crippen molar-refractivity contribution < 1.29 is 14.3 Å². The van der Waals surface area contributed by atoms with Crippen molar-refractivity contribution in [2.24, 2.45) is 10.2 Å². The van der Waals surface area contributed by atoms with Crippen LogP contribution in [0.3, 0.4) is 0 Å². The van der Waals surface area contributed by atoms with Crippen molar-refractivity contribution in [3.8, 4) is 0 Å². The number of ether oxygens (including phenoxy) is 2. The molecule has 124 valence electrons. The van der Waals surface area contributed by atoms with Crippen LogP contribution in [0.2, 0.25) is 0 Å². The topological polar surface area (TPSA) is 151 Å². The lowest BCUT2D eigenvalue weighted by Gasteiger charge is -2.06. The monoisotopic (exact) mass is 330 g/mol. The highest BCUT2D eigenvalue weighted by Crippen LogP contribution is 2.19. The Labute approximate surface area is 136 Å². The van der Waals surface area contributed by atoms with Crippen LogP contribution in [-0.2, 0) is 16.0 Å². The fourth-order valence-electron chi connectivity index (χ4n) is 2.05. The molecule has 0 amide bonds. The summed E-state index contributed by atoms with van der Waals surface area (Å²) < 4.78 is 11.9. The highest BCUT2D eigenvalue weighted by atomic mass is 16.5. The first-order chi connectivity index (χ1) is 11.8. The molecule has 0 spiro atoms. The van der Waals surface area contributed by atoms with E-state index in [-0.39, 0.29) is 13.3 Å². The normalized spacial score (nSPS) is 10.0. The average molecular weight is 330 g/mol. The van der Waals surface area contributed by atoms with Gasteiger partial charge < -0.3 is 9.47 Å². The standard InChI is InChI=1S/C13H14N8O3/c14-19-16-4-6-23-7-5-21-12-3-1-2-10(11(12)8-18-21)13(22)24-9-17-20-15/h1-3,8H,4-7,9H2. The molecule has 0 saturated carbocycles. The SMILES string of the molecule is [N-]=[N+]=NCCOCCn1ncc2c(C(=O)OCN=[N+]=[N-])cccc21. The molecule has 24 heavy (non-hydrogen) atoms. The van der Waals surface area contributed by atoms with Gasteiger partial charge in [-0.25, -0.2) is 4.79 Å². The predicted molar refractivity (Wildman–Crippen MR) is 84.0 cm³/mol. The lowest BCUT2D eigenvalue weighted by atomic mass is 10.1. The fraction of sp³-hybridized carbons (Fsp3) is 0.385. The Kier molecular flexibility index (Phi) is 6.42. The quantitative estimate of drug-likeness (QED) is 0.228. The molecule has 2 aromatic rings. The summed E-state index contributed by atoms with van der Waals surface area (Å²) in [5, 5.41) is 11.4. The number of hydrogen-bond donors (Lipinski definition) is 0. The molecule has 0 fully saturated rings. The van der Waals surface area contributed by atoms with Crippen molar-refractivity contribution in [3.63, 3.8) is 0 Å². The van der Waals surface area contributed by atoms with Crippen molar-refractivity contribution in [1.82, 2.24) is 9.78 Å². The minimum atomic E-state index is -0.585. The van der Waals surface area contributed by atoms with Crippen molar-refractivity contribution in [1.29, 1.82) is 0 Å². The van der Waals surface area contributed by atoms with Crippen LogP contribution in [0.5, 0.6) is 0 Å². The zero-order chi connectivity index (χ0) is 17.2. The van der Waals surface area contributed by atoms with Gasteiger partial charge in [0.25, 0.3) is 0 Å². The van der Waals surface area contributed by atoms with Crippen LogP contribution in [0.1, 0.15) is 10.4 Å². The van der Waals surface area contributed by atoms with Crippen LogP contribution in [-0.4, -0.2) is 42.2 Å². The molecular weight excluding hydrogens is 316 g/mol. The van der Waals surface area contributed by atoms with E-state index in [0.717, 1.165) is 5.52 Å². The maximum absolute atomic E-state index is 12.0. The first-order valence-electron chi connectivity index (χ1n) is 6.99. The van der Waals surface area contributed by atoms with Gasteiger partial charge in [-0.2, -0.15) is 5.10 Å². The first-order valence-corrected chi connectivity index (χ1v) is 6.99. The second-order valence-electron chi connectivity index (χ2n) is 4.46. The minimum Gasteiger partial charge on any atom is -0.456 e. The third-order valence-corrected chi connectivity index (χ3v) is 3.07. The summed E-state index contributed by atoms with van der Waals surface area (Å²) in [7, 11) is 0. The molecule has 0 aliphatic rings. The summed E-state index contributed by atoms with van der Waals surface area (Å²) in [5.41, 5.74) is 17.5. The molecule has 1 aromatic heterocycles. The Balaban J connectivity index is 2.03. The van der Waals surface area contributed by atoms with Gasteiger partial charge in [0.2, 0.25) is 0 Å². The Bertz CT molecular complexity index is 805. The number of azide groups is 2. The van der Waals surface area contributed by atoms with Crippen molar-refractivity contribution in [2.75, 3.05) is 26.5 Å². The molecule has 1 aromatic carbocycles. The van der Waals surface area contributed by atoms with E-state index in [1.165, 1.54) is 0 Å². The van der Waals surface area contributed by atoms with E-state index in [2.05, 4.69) is 25.2 Å². The van der Waals surface area contributed by atoms with E-state index in [4.69, 9.17) is 20.5 Å². The third kappa shape index (κ3) is 4.37. The lowest BCUT2D eigenvalue weighted by Crippen LogP contribution is -2.09. The van der Waals surface area contributed by atoms with Crippen LogP contribution in [0.15, 0.2) is 34.6 Å². The van der Waals surface area contributed by atoms with E-state index < -0.39 is 5.97 Å². The van der Waals surface area contributed by atoms with Crippen LogP contribution in [0.25, 0.3) is 31.8 Å². The molecule has 1 heterocycles. The smallest absolute Gasteiger partial charge is 0.338 e. The fourth-order valence-corrected chi connectivity index (χ4v) is 2.05. The maximum Gasteiger partial charge on any atom is 0.338 e. The highest BCUT2D eigenvalue weighted by molar-refractivity contribution is 6.03. The van der Waals surface area contributed by atoms with Gasteiger partial charge >= 0.3 is 5.97 Å². The molecule has 2 rings (SSSR count). The molecule has 0 N–H and O–H groups in total. The zero-order valence-electron chi connectivity index (χ0n) is 12.6. The number of hydrogen-bond acceptors (Lipinski definition) is 6. The number of aromatic nitrogens is 2. The van der Waals surface area contributed by atoms with Crippen LogP contribution < -0.4 is 0 Å². The Morgan fingerprint density at radius 3 is 2.88 bits per heavy atom. The van der Waals surface area contributed by atoms with Gasteiger partial charge in [0, 0.05) is 21.8 Å². The molecule has 0 radical (unpaired) electrons. The predicted octanol–water partition coefficient (Wildman–Crippen LogP) is 2.79. The van der Waals surface area contributed by atoms with Gasteiger partial charge in [-0.1, -0.05) is 16.3 Å². The van der Waals surface area contributed by atoms with Crippen molar-refractivity contribution in [2.45, 2.75) is 6.54 Å². The van der Waals surface area contributed by atoms with Gasteiger partial charge in [-0.05, 0) is 23.2 Å². The first kappa shape index (κ1) is 17.1. The number of esters is 1. The Morgan fingerprint density at radius 1 is 1.25 bits per heavy atom. The minimum absolute atomic E-state index is 0.275. The van der Waals surface area contributed by atoms with Crippen molar-refractivity contribution >= 4 is 16.9 Å². The third-order valence-electron chi connectivity index (χ3n) is 3.07. The lowest BCUT2D eigenvalue weighted by molar-refractivity contribution is 0.0518. The molecule has 0 aliphatic carbocycles. The van der Waals surface area contributed by atoms with E-state index in [0.29, 0.717) is 30.7 Å². The van der Waals surface area contributed by atoms with Crippen LogP contribution in [0, 0.1) is 0 Å². The summed E-state index contributed by atoms with van der Waals surface area (Å²) in [6.45, 7) is 1.12. The van der Waals surface area contributed by atoms with Crippen LogP contribution in [0.4, 0.5) is 0 Å². The molecule has 0 aliphatic heterocycles. The highest BCUT2D eigenvalue weighted by Gasteiger charge is 2.14. The van der Waals surface area contributed by atoms with Gasteiger partial charge in [0.15, 0.2) is 6.73 Å². The molecule has 0 unspecified atom stereocenters.